The molecule has 1 unspecified atom stereocenters. The van der Waals surface area contributed by atoms with Crippen molar-refractivity contribution in [1.29, 1.82) is 0 Å². The van der Waals surface area contributed by atoms with E-state index in [0.717, 1.165) is 19.4 Å². The fourth-order valence-electron chi connectivity index (χ4n) is 2.35. The fraction of sp³-hybridized carbons (Fsp3) is 0.500. The van der Waals surface area contributed by atoms with Crippen LogP contribution in [0.4, 0.5) is 0 Å². The van der Waals surface area contributed by atoms with Gasteiger partial charge in [0.1, 0.15) is 12.3 Å². The molecule has 112 valence electrons. The second kappa shape index (κ2) is 7.77. The fourth-order valence-corrected chi connectivity index (χ4v) is 2.35. The van der Waals surface area contributed by atoms with Gasteiger partial charge in [-0.1, -0.05) is 11.8 Å². The van der Waals surface area contributed by atoms with E-state index in [4.69, 9.17) is 9.84 Å². The number of nitrogens with zero attached hydrogens (tertiary/aromatic N) is 2. The Morgan fingerprint density at radius 2 is 2.48 bits per heavy atom. The van der Waals surface area contributed by atoms with Crippen LogP contribution < -0.4 is 0 Å². The minimum atomic E-state index is -0.240. The Balaban J connectivity index is 2.16. The zero-order chi connectivity index (χ0) is 15.1. The van der Waals surface area contributed by atoms with Crippen LogP contribution in [0.3, 0.4) is 0 Å². The summed E-state index contributed by atoms with van der Waals surface area (Å²) in [4.78, 5) is 18.5. The molecule has 5 heteroatoms. The van der Waals surface area contributed by atoms with Gasteiger partial charge in [0.15, 0.2) is 0 Å². The van der Waals surface area contributed by atoms with Crippen LogP contribution in [0.15, 0.2) is 18.3 Å². The third-order valence-electron chi connectivity index (χ3n) is 3.43. The average Bonchev–Trinajstić information content (AvgIpc) is 3.03. The first-order valence-electron chi connectivity index (χ1n) is 7.22. The van der Waals surface area contributed by atoms with Gasteiger partial charge in [-0.25, -0.2) is 4.98 Å². The zero-order valence-corrected chi connectivity index (χ0v) is 12.2. The van der Waals surface area contributed by atoms with Crippen molar-refractivity contribution in [2.45, 2.75) is 25.9 Å². The summed E-state index contributed by atoms with van der Waals surface area (Å²) in [6, 6.07) is 3.47. The van der Waals surface area contributed by atoms with Crippen LogP contribution >= 0.6 is 0 Å². The number of likely N-dealkylation sites (N-methyl/N-ethyl adjacent to an activating group) is 1. The Morgan fingerprint density at radius 1 is 1.62 bits per heavy atom. The minimum absolute atomic E-state index is 0.115. The van der Waals surface area contributed by atoms with E-state index in [-0.39, 0.29) is 18.6 Å². The van der Waals surface area contributed by atoms with E-state index in [1.807, 2.05) is 6.92 Å². The van der Waals surface area contributed by atoms with E-state index in [9.17, 15) is 4.79 Å². The van der Waals surface area contributed by atoms with Gasteiger partial charge in [-0.15, -0.1) is 0 Å². The maximum Gasteiger partial charge on any atom is 0.273 e. The van der Waals surface area contributed by atoms with Gasteiger partial charge in [0, 0.05) is 25.9 Å². The summed E-state index contributed by atoms with van der Waals surface area (Å²) in [5.74, 6) is 5.19. The first-order valence-corrected chi connectivity index (χ1v) is 7.22. The van der Waals surface area contributed by atoms with Gasteiger partial charge in [-0.05, 0) is 31.9 Å². The molecule has 1 aliphatic rings. The summed E-state index contributed by atoms with van der Waals surface area (Å²) < 4.78 is 5.59. The molecule has 1 fully saturated rings. The maximum absolute atomic E-state index is 12.6. The number of ether oxygens (including phenoxy) is 1. The van der Waals surface area contributed by atoms with Gasteiger partial charge >= 0.3 is 0 Å². The monoisotopic (exact) mass is 288 g/mol. The van der Waals surface area contributed by atoms with Gasteiger partial charge in [-0.3, -0.25) is 4.79 Å². The standard InChI is InChI=1S/C16H20N2O3/c1-2-18(12-14-8-5-11-21-14)16(20)15-13(7-4-10-19)6-3-9-17-15/h3,6,9,14,19H,2,5,8,10-12H2,1H3. The van der Waals surface area contributed by atoms with Gasteiger partial charge in [0.25, 0.3) is 5.91 Å². The SMILES string of the molecule is CCN(CC1CCCO1)C(=O)c1ncccc1C#CCO. The number of amides is 1. The lowest BCUT2D eigenvalue weighted by atomic mass is 10.1. The first-order chi connectivity index (χ1) is 10.3. The molecule has 0 aromatic carbocycles. The quantitative estimate of drug-likeness (QED) is 0.842. The van der Waals surface area contributed by atoms with Crippen molar-refractivity contribution >= 4 is 5.91 Å². The summed E-state index contributed by atoms with van der Waals surface area (Å²) in [5, 5.41) is 8.80. The highest BCUT2D eigenvalue weighted by Crippen LogP contribution is 2.15. The van der Waals surface area contributed by atoms with Crippen LogP contribution in [0.1, 0.15) is 35.8 Å². The number of pyridine rings is 1. The molecule has 0 saturated carbocycles. The lowest BCUT2D eigenvalue weighted by Crippen LogP contribution is -2.38. The molecule has 1 atom stereocenters. The Morgan fingerprint density at radius 3 is 3.14 bits per heavy atom. The molecule has 1 aromatic rings. The van der Waals surface area contributed by atoms with E-state index in [1.54, 1.807) is 23.2 Å². The van der Waals surface area contributed by atoms with Crippen molar-refractivity contribution in [3.8, 4) is 11.8 Å². The van der Waals surface area contributed by atoms with Gasteiger partial charge in [0.2, 0.25) is 0 Å². The topological polar surface area (TPSA) is 62.7 Å². The maximum atomic E-state index is 12.6. The average molecular weight is 288 g/mol. The first kappa shape index (κ1) is 15.5. The molecule has 1 amide bonds. The minimum Gasteiger partial charge on any atom is -0.384 e. The number of carbonyl (C=O) groups is 1. The third kappa shape index (κ3) is 4.03. The Kier molecular flexibility index (Phi) is 5.73. The van der Waals surface area contributed by atoms with Gasteiger partial charge in [0.05, 0.1) is 11.7 Å². The lowest BCUT2D eigenvalue weighted by molar-refractivity contribution is 0.0534. The second-order valence-corrected chi connectivity index (χ2v) is 4.84. The second-order valence-electron chi connectivity index (χ2n) is 4.84. The number of hydrogen-bond acceptors (Lipinski definition) is 4. The molecule has 2 heterocycles. The summed E-state index contributed by atoms with van der Waals surface area (Å²) in [5.41, 5.74) is 0.876. The Hall–Kier alpha value is -1.90. The molecule has 1 saturated heterocycles. The molecule has 1 aromatic heterocycles. The molecule has 21 heavy (non-hydrogen) atoms. The van der Waals surface area contributed by atoms with Gasteiger partial charge in [-0.2, -0.15) is 0 Å². The molecule has 0 aliphatic carbocycles. The number of aromatic nitrogens is 1. The van der Waals surface area contributed by atoms with Crippen LogP contribution in [0, 0.1) is 11.8 Å². The third-order valence-corrected chi connectivity index (χ3v) is 3.43. The van der Waals surface area contributed by atoms with Crippen LogP contribution in [-0.2, 0) is 4.74 Å². The van der Waals surface area contributed by atoms with Crippen LogP contribution in [0.25, 0.3) is 0 Å². The summed E-state index contributed by atoms with van der Waals surface area (Å²) in [6.45, 7) is 3.65. The largest absolute Gasteiger partial charge is 0.384 e. The molecule has 5 nitrogen and oxygen atoms in total. The molecule has 0 bridgehead atoms. The molecular weight excluding hydrogens is 268 g/mol. The molecule has 0 radical (unpaired) electrons. The number of aliphatic hydroxyl groups is 1. The zero-order valence-electron chi connectivity index (χ0n) is 12.2. The molecular formula is C16H20N2O3. The smallest absolute Gasteiger partial charge is 0.273 e. The van der Waals surface area contributed by atoms with Crippen LogP contribution in [0.5, 0.6) is 0 Å². The summed E-state index contributed by atoms with van der Waals surface area (Å²) >= 11 is 0. The Bertz CT molecular complexity index is 542. The van der Waals surface area contributed by atoms with E-state index >= 15 is 0 Å². The van der Waals surface area contributed by atoms with Crippen molar-refractivity contribution in [1.82, 2.24) is 9.88 Å². The predicted molar refractivity (Wildman–Crippen MR) is 78.8 cm³/mol. The highest BCUT2D eigenvalue weighted by atomic mass is 16.5. The normalized spacial score (nSPS) is 17.1. The molecule has 1 N–H and O–H groups in total. The predicted octanol–water partition coefficient (Wildman–Crippen LogP) is 1.07. The Labute approximate surface area is 124 Å². The van der Waals surface area contributed by atoms with Gasteiger partial charge < -0.3 is 14.7 Å². The number of carbonyl (C=O) groups excluding carboxylic acids is 1. The van der Waals surface area contributed by atoms with Crippen molar-refractivity contribution in [2.24, 2.45) is 0 Å². The van der Waals surface area contributed by atoms with E-state index in [2.05, 4.69) is 16.8 Å². The van der Waals surface area contributed by atoms with Crippen molar-refractivity contribution in [2.75, 3.05) is 26.3 Å². The lowest BCUT2D eigenvalue weighted by Gasteiger charge is -2.24. The summed E-state index contributed by atoms with van der Waals surface area (Å²) in [6.07, 6.45) is 3.73. The van der Waals surface area contributed by atoms with Crippen LogP contribution in [-0.4, -0.2) is 53.3 Å². The molecule has 0 spiro atoms. The van der Waals surface area contributed by atoms with E-state index in [0.29, 0.717) is 24.3 Å². The molecule has 2 rings (SSSR count). The van der Waals surface area contributed by atoms with Crippen LogP contribution in [0.2, 0.25) is 0 Å². The number of hydrogen-bond donors (Lipinski definition) is 1. The van der Waals surface area contributed by atoms with Crippen molar-refractivity contribution in [3.63, 3.8) is 0 Å². The summed E-state index contributed by atoms with van der Waals surface area (Å²) in [7, 11) is 0. The van der Waals surface area contributed by atoms with E-state index < -0.39 is 0 Å². The van der Waals surface area contributed by atoms with Crippen molar-refractivity contribution < 1.29 is 14.6 Å². The number of aliphatic hydroxyl groups excluding tert-OH is 1. The molecule has 1 aliphatic heterocycles. The highest BCUT2D eigenvalue weighted by Gasteiger charge is 2.24. The highest BCUT2D eigenvalue weighted by molar-refractivity contribution is 5.94. The van der Waals surface area contributed by atoms with Crippen molar-refractivity contribution in [3.05, 3.63) is 29.6 Å². The number of rotatable bonds is 4. The van der Waals surface area contributed by atoms with E-state index in [1.165, 1.54) is 0 Å².